The van der Waals surface area contributed by atoms with Crippen molar-refractivity contribution in [2.45, 2.75) is 39.5 Å². The van der Waals surface area contributed by atoms with E-state index in [0.717, 1.165) is 36.5 Å². The highest BCUT2D eigenvalue weighted by atomic mass is 32.1. The number of rotatable bonds is 9. The molecule has 0 spiro atoms. The van der Waals surface area contributed by atoms with Gasteiger partial charge in [-0.1, -0.05) is 44.2 Å². The number of hydrogen-bond acceptors (Lipinski definition) is 5. The van der Waals surface area contributed by atoms with Crippen LogP contribution in [-0.4, -0.2) is 66.9 Å². The van der Waals surface area contributed by atoms with Crippen molar-refractivity contribution in [3.8, 4) is 0 Å². The first-order valence-corrected chi connectivity index (χ1v) is 12.3. The molecule has 1 aromatic heterocycles. The molecule has 0 aliphatic carbocycles. The second kappa shape index (κ2) is 11.1. The molecule has 0 bridgehead atoms. The van der Waals surface area contributed by atoms with E-state index in [-0.39, 0.29) is 23.1 Å². The lowest BCUT2D eigenvalue weighted by Crippen LogP contribution is -2.46. The van der Waals surface area contributed by atoms with Crippen LogP contribution in [0.1, 0.15) is 43.0 Å². The van der Waals surface area contributed by atoms with Gasteiger partial charge in [-0.2, -0.15) is 0 Å². The summed E-state index contributed by atoms with van der Waals surface area (Å²) in [6, 6.07) is 10.3. The number of thiazole rings is 1. The minimum absolute atomic E-state index is 0.00838. The molecule has 1 N–H and O–H groups in total. The minimum Gasteiger partial charge on any atom is -0.355 e. The van der Waals surface area contributed by atoms with E-state index in [2.05, 4.69) is 41.2 Å². The molecule has 6 nitrogen and oxygen atoms in total. The third kappa shape index (κ3) is 7.41. The fourth-order valence-electron chi connectivity index (χ4n) is 4.32. The van der Waals surface area contributed by atoms with E-state index in [1.54, 1.807) is 11.3 Å². The van der Waals surface area contributed by atoms with Gasteiger partial charge in [0.1, 0.15) is 0 Å². The van der Waals surface area contributed by atoms with Gasteiger partial charge in [0.15, 0.2) is 0 Å². The van der Waals surface area contributed by atoms with Crippen LogP contribution in [0.5, 0.6) is 0 Å². The van der Waals surface area contributed by atoms with Crippen LogP contribution in [0.15, 0.2) is 35.7 Å². The molecule has 1 aromatic carbocycles. The Morgan fingerprint density at radius 2 is 1.88 bits per heavy atom. The first kappa shape index (κ1) is 24.4. The Labute approximate surface area is 196 Å². The van der Waals surface area contributed by atoms with Crippen LogP contribution in [0.4, 0.5) is 0 Å². The lowest BCUT2D eigenvalue weighted by molar-refractivity contribution is -0.135. The van der Waals surface area contributed by atoms with Crippen molar-refractivity contribution in [2.24, 2.45) is 11.3 Å². The summed E-state index contributed by atoms with van der Waals surface area (Å²) in [6.45, 7) is 7.19. The Morgan fingerprint density at radius 3 is 2.53 bits per heavy atom. The van der Waals surface area contributed by atoms with Crippen LogP contribution in [0, 0.1) is 11.3 Å². The number of nitrogens with zero attached hydrogens (tertiary/aromatic N) is 3. The van der Waals surface area contributed by atoms with Crippen LogP contribution in [0.2, 0.25) is 0 Å². The predicted molar refractivity (Wildman–Crippen MR) is 130 cm³/mol. The molecule has 2 aromatic rings. The molecule has 1 fully saturated rings. The van der Waals surface area contributed by atoms with Gasteiger partial charge in [-0.15, -0.1) is 11.3 Å². The number of nitrogens with one attached hydrogen (secondary N) is 1. The lowest BCUT2D eigenvalue weighted by atomic mass is 9.91. The number of likely N-dealkylation sites (tertiary alicyclic amines) is 1. The third-order valence-corrected chi connectivity index (χ3v) is 6.73. The molecule has 7 heteroatoms. The zero-order chi connectivity index (χ0) is 23.1. The van der Waals surface area contributed by atoms with Gasteiger partial charge in [0, 0.05) is 43.9 Å². The highest BCUT2D eigenvalue weighted by Gasteiger charge is 2.29. The molecule has 1 aliphatic rings. The summed E-state index contributed by atoms with van der Waals surface area (Å²) in [7, 11) is 4.10. The minimum atomic E-state index is -0.00838. The monoisotopic (exact) mass is 456 g/mol. The Balaban J connectivity index is 1.42. The normalized spacial score (nSPS) is 15.2. The van der Waals surface area contributed by atoms with Crippen LogP contribution < -0.4 is 5.32 Å². The first-order chi connectivity index (χ1) is 15.2. The summed E-state index contributed by atoms with van der Waals surface area (Å²) in [5.74, 6) is 0.215. The average molecular weight is 457 g/mol. The van der Waals surface area contributed by atoms with Gasteiger partial charge in [-0.05, 0) is 37.9 Å². The molecule has 2 heterocycles. The quantitative estimate of drug-likeness (QED) is 0.629. The molecule has 32 heavy (non-hydrogen) atoms. The van der Waals surface area contributed by atoms with Crippen molar-refractivity contribution in [3.63, 3.8) is 0 Å². The maximum Gasteiger partial charge on any atom is 0.228 e. The third-order valence-electron chi connectivity index (χ3n) is 5.83. The smallest absolute Gasteiger partial charge is 0.228 e. The van der Waals surface area contributed by atoms with E-state index in [1.807, 2.05) is 42.6 Å². The second-order valence-corrected chi connectivity index (χ2v) is 10.8. The van der Waals surface area contributed by atoms with E-state index in [4.69, 9.17) is 0 Å². The van der Waals surface area contributed by atoms with Gasteiger partial charge < -0.3 is 15.1 Å². The van der Waals surface area contributed by atoms with Crippen molar-refractivity contribution in [2.75, 3.05) is 40.3 Å². The largest absolute Gasteiger partial charge is 0.355 e. The molecule has 0 unspecified atom stereocenters. The molecular weight excluding hydrogens is 420 g/mol. The molecule has 2 amide bonds. The van der Waals surface area contributed by atoms with Gasteiger partial charge in [-0.3, -0.25) is 9.59 Å². The highest BCUT2D eigenvalue weighted by Crippen LogP contribution is 2.21. The van der Waals surface area contributed by atoms with E-state index in [0.29, 0.717) is 26.1 Å². The topological polar surface area (TPSA) is 65.5 Å². The molecule has 174 valence electrons. The number of amides is 2. The predicted octanol–water partition coefficient (Wildman–Crippen LogP) is 3.22. The van der Waals surface area contributed by atoms with Crippen LogP contribution >= 0.6 is 11.3 Å². The highest BCUT2D eigenvalue weighted by molar-refractivity contribution is 7.09. The fraction of sp³-hybridized carbons (Fsp3) is 0.560. The molecule has 1 aliphatic heterocycles. The summed E-state index contributed by atoms with van der Waals surface area (Å²) >= 11 is 1.61. The molecule has 0 radical (unpaired) electrons. The van der Waals surface area contributed by atoms with Crippen molar-refractivity contribution in [1.82, 2.24) is 20.1 Å². The lowest BCUT2D eigenvalue weighted by Gasteiger charge is -2.33. The van der Waals surface area contributed by atoms with Crippen molar-refractivity contribution >= 4 is 23.2 Å². The number of hydrogen-bond donors (Lipinski definition) is 1. The van der Waals surface area contributed by atoms with Crippen molar-refractivity contribution in [3.05, 3.63) is 52.0 Å². The number of aromatic nitrogens is 1. The summed E-state index contributed by atoms with van der Waals surface area (Å²) in [4.78, 5) is 34.1. The van der Waals surface area contributed by atoms with E-state index < -0.39 is 0 Å². The van der Waals surface area contributed by atoms with Gasteiger partial charge in [0.25, 0.3) is 0 Å². The SMILES string of the molecule is CN(C)CC(C)(C)CNC(=O)C1CCN(C(=O)Cc2csc(Cc3ccccc3)n2)CC1. The van der Waals surface area contributed by atoms with Crippen LogP contribution in [0.3, 0.4) is 0 Å². The van der Waals surface area contributed by atoms with Crippen molar-refractivity contribution in [1.29, 1.82) is 0 Å². The van der Waals surface area contributed by atoms with Crippen LogP contribution in [0.25, 0.3) is 0 Å². The second-order valence-electron chi connectivity index (χ2n) is 9.85. The number of carbonyl (C=O) groups excluding carboxylic acids is 2. The standard InChI is InChI=1S/C25H36N4O2S/c1-25(2,18-28(3)4)17-26-24(31)20-10-12-29(13-11-20)23(30)15-21-16-32-22(27-21)14-19-8-6-5-7-9-19/h5-9,16,20H,10-15,17-18H2,1-4H3,(H,26,31). The maximum atomic E-state index is 12.8. The summed E-state index contributed by atoms with van der Waals surface area (Å²) in [5, 5.41) is 6.15. The summed E-state index contributed by atoms with van der Waals surface area (Å²) in [6.07, 6.45) is 2.58. The first-order valence-electron chi connectivity index (χ1n) is 11.4. The zero-order valence-electron chi connectivity index (χ0n) is 19.8. The van der Waals surface area contributed by atoms with Gasteiger partial charge in [0.05, 0.1) is 17.1 Å². The average Bonchev–Trinajstić information content (AvgIpc) is 3.18. The Bertz CT molecular complexity index is 886. The molecule has 0 saturated carbocycles. The van der Waals surface area contributed by atoms with E-state index >= 15 is 0 Å². The Morgan fingerprint density at radius 1 is 1.19 bits per heavy atom. The molecular formula is C25H36N4O2S. The van der Waals surface area contributed by atoms with Crippen molar-refractivity contribution < 1.29 is 9.59 Å². The van der Waals surface area contributed by atoms with Gasteiger partial charge >= 0.3 is 0 Å². The zero-order valence-corrected chi connectivity index (χ0v) is 20.6. The van der Waals surface area contributed by atoms with E-state index in [1.165, 1.54) is 5.56 Å². The van der Waals surface area contributed by atoms with Gasteiger partial charge in [0.2, 0.25) is 11.8 Å². The Hall–Kier alpha value is -2.25. The number of piperidine rings is 1. The summed E-state index contributed by atoms with van der Waals surface area (Å²) < 4.78 is 0. The fourth-order valence-corrected chi connectivity index (χ4v) is 5.15. The Kier molecular flexibility index (Phi) is 8.43. The number of carbonyl (C=O) groups is 2. The maximum absolute atomic E-state index is 12.8. The summed E-state index contributed by atoms with van der Waals surface area (Å²) in [5.41, 5.74) is 2.10. The van der Waals surface area contributed by atoms with E-state index in [9.17, 15) is 9.59 Å². The van der Waals surface area contributed by atoms with Gasteiger partial charge in [-0.25, -0.2) is 4.98 Å². The van der Waals surface area contributed by atoms with Crippen LogP contribution in [-0.2, 0) is 22.4 Å². The molecule has 0 atom stereocenters. The molecule has 3 rings (SSSR count). The number of benzene rings is 1. The molecule has 1 saturated heterocycles.